The van der Waals surface area contributed by atoms with Gasteiger partial charge in [0.15, 0.2) is 5.75 Å². The van der Waals surface area contributed by atoms with Gasteiger partial charge in [0.25, 0.3) is 0 Å². The topological polar surface area (TPSA) is 92.0 Å². The van der Waals surface area contributed by atoms with Gasteiger partial charge in [-0.05, 0) is 58.1 Å². The standard InChI is InChI=1S/C21H24F2IN5O3/c1-13-7-9-26-17(19(13)32-21(31)27(2)3)11-24-29-10-8-14(12-28(29)20(25)30)18-15(22)5-4-6-16(18)23/h4-7,9,11,14H,8,10,12H2,1-3H3,(H2,25,30). The molecule has 1 fully saturated rings. The van der Waals surface area contributed by atoms with Crippen molar-refractivity contribution in [1.82, 2.24) is 18.1 Å². The maximum Gasteiger partial charge on any atom is 0.414 e. The normalized spacial score (nSPS) is 17.2. The number of pyridine rings is 1. The molecule has 2 N–H and O–H groups in total. The summed E-state index contributed by atoms with van der Waals surface area (Å²) in [6.07, 6.45) is 1.54. The largest absolute Gasteiger partial charge is 0.414 e. The number of rotatable bonds is 4. The van der Waals surface area contributed by atoms with Gasteiger partial charge in [-0.3, -0.25) is 4.98 Å². The summed E-state index contributed by atoms with van der Waals surface area (Å²) < 4.78 is 37.5. The Morgan fingerprint density at radius 1 is 1.28 bits per heavy atom. The third-order valence-corrected chi connectivity index (χ3v) is 7.44. The van der Waals surface area contributed by atoms with Gasteiger partial charge < -0.3 is 15.4 Å². The molecule has 0 bridgehead atoms. The van der Waals surface area contributed by atoms with Gasteiger partial charge in [-0.1, -0.05) is 6.07 Å². The molecule has 11 heteroatoms. The van der Waals surface area contributed by atoms with Crippen LogP contribution in [0.15, 0.2) is 30.5 Å². The lowest BCUT2D eigenvalue weighted by atomic mass is 9.93. The number of primary amides is 1. The monoisotopic (exact) mass is 559 g/mol. The molecule has 1 saturated heterocycles. The molecule has 1 aromatic carbocycles. The molecule has 8 nitrogen and oxygen atoms in total. The average Bonchev–Trinajstić information content (AvgIpc) is 2.74. The van der Waals surface area contributed by atoms with Crippen molar-refractivity contribution in [1.29, 1.82) is 0 Å². The molecule has 0 spiro atoms. The van der Waals surface area contributed by atoms with Crippen LogP contribution in [0.1, 0.15) is 29.2 Å². The average molecular weight is 559 g/mol. The van der Waals surface area contributed by atoms with E-state index in [2.05, 4.69) is 4.98 Å². The number of ether oxygens (including phenoxy) is 1. The lowest BCUT2D eigenvalue weighted by Crippen LogP contribution is -2.50. The molecule has 172 valence electrons. The summed E-state index contributed by atoms with van der Waals surface area (Å²) in [5.41, 5.74) is 6.77. The van der Waals surface area contributed by atoms with Crippen LogP contribution in [0.2, 0.25) is 0 Å². The molecular weight excluding hydrogens is 535 g/mol. The molecule has 1 unspecified atom stereocenters. The molecule has 1 aliphatic heterocycles. The second-order valence-electron chi connectivity index (χ2n) is 7.41. The zero-order chi connectivity index (χ0) is 23.4. The quantitative estimate of drug-likeness (QED) is 0.457. The van der Waals surface area contributed by atoms with Crippen molar-refractivity contribution in [3.05, 3.63) is 58.9 Å². The van der Waals surface area contributed by atoms with Crippen LogP contribution in [0.25, 0.3) is 0 Å². The molecule has 0 aliphatic carbocycles. The van der Waals surface area contributed by atoms with E-state index in [1.807, 2.05) is 4.01 Å². The van der Waals surface area contributed by atoms with Gasteiger partial charge in [-0.25, -0.2) is 23.4 Å². The number of hydrogen-bond acceptors (Lipinski definition) is 5. The van der Waals surface area contributed by atoms with Crippen LogP contribution in [-0.4, -0.2) is 61.4 Å². The van der Waals surface area contributed by atoms with E-state index in [0.29, 0.717) is 24.4 Å². The van der Waals surface area contributed by atoms with E-state index in [1.54, 1.807) is 36.5 Å². The van der Waals surface area contributed by atoms with E-state index in [1.165, 1.54) is 28.1 Å². The molecule has 1 aliphatic rings. The predicted octanol–water partition coefficient (Wildman–Crippen LogP) is 3.55. The van der Waals surface area contributed by atoms with E-state index in [9.17, 15) is 18.4 Å². The first-order valence-electron chi connectivity index (χ1n) is 9.79. The highest BCUT2D eigenvalue weighted by atomic mass is 127. The summed E-state index contributed by atoms with van der Waals surface area (Å²) >= 11 is -0.947. The second kappa shape index (κ2) is 10.3. The van der Waals surface area contributed by atoms with Crippen LogP contribution in [0.3, 0.4) is 0 Å². The van der Waals surface area contributed by atoms with Gasteiger partial charge in [0.05, 0.1) is 0 Å². The molecule has 3 rings (SSSR count). The number of benzene rings is 1. The van der Waals surface area contributed by atoms with Crippen LogP contribution in [0, 0.1) is 18.6 Å². The van der Waals surface area contributed by atoms with Crippen molar-refractivity contribution in [2.45, 2.75) is 19.3 Å². The number of urea groups is 1. The first-order valence-corrected chi connectivity index (χ1v) is 12.0. The Morgan fingerprint density at radius 2 is 1.97 bits per heavy atom. The number of aryl methyl sites for hydroxylation is 1. The molecule has 2 aromatic rings. The molecule has 32 heavy (non-hydrogen) atoms. The summed E-state index contributed by atoms with van der Waals surface area (Å²) in [5, 5.41) is 1.32. The molecule has 0 saturated carbocycles. The van der Waals surface area contributed by atoms with Crippen molar-refractivity contribution >= 4 is 37.1 Å². The zero-order valence-electron chi connectivity index (χ0n) is 17.9. The van der Waals surface area contributed by atoms with Gasteiger partial charge in [0.2, 0.25) is 0 Å². The van der Waals surface area contributed by atoms with Crippen molar-refractivity contribution in [2.24, 2.45) is 5.73 Å². The predicted molar refractivity (Wildman–Crippen MR) is 125 cm³/mol. The SMILES string of the molecule is Cc1ccnc(C=IN2CCC(c3c(F)cccc3F)CN2C(N)=O)c1OC(=O)N(C)C. The maximum absolute atomic E-state index is 14.2. The Balaban J connectivity index is 1.83. The number of nitrogens with zero attached hydrogens (tertiary/aromatic N) is 4. The lowest BCUT2D eigenvalue weighted by molar-refractivity contribution is 0.0849. The van der Waals surface area contributed by atoms with Crippen LogP contribution in [0.5, 0.6) is 5.75 Å². The Hall–Kier alpha value is -2.67. The van der Waals surface area contributed by atoms with Crippen molar-refractivity contribution < 1.29 is 23.1 Å². The zero-order valence-corrected chi connectivity index (χ0v) is 20.0. The van der Waals surface area contributed by atoms with E-state index in [0.717, 1.165) is 5.56 Å². The van der Waals surface area contributed by atoms with E-state index in [4.69, 9.17) is 10.5 Å². The van der Waals surface area contributed by atoms with E-state index >= 15 is 0 Å². The molecule has 0 radical (unpaired) electrons. The van der Waals surface area contributed by atoms with Gasteiger partial charge in [-0.15, -0.1) is 0 Å². The molecule has 3 amide bonds. The van der Waals surface area contributed by atoms with Gasteiger partial charge in [0, 0.05) is 48.9 Å². The van der Waals surface area contributed by atoms with E-state index < -0.39 is 50.7 Å². The number of nitrogens with two attached hydrogens (primary N) is 1. The number of carbonyl (C=O) groups is 2. The minimum atomic E-state index is -0.947. The fraction of sp³-hybridized carbons (Fsp3) is 0.333. The number of aromatic nitrogens is 1. The highest BCUT2D eigenvalue weighted by molar-refractivity contribution is 14.2. The maximum atomic E-state index is 14.2. The number of hydrazine groups is 1. The molecule has 2 heterocycles. The number of carbonyl (C=O) groups excluding carboxylic acids is 2. The van der Waals surface area contributed by atoms with Crippen molar-refractivity contribution in [2.75, 3.05) is 27.2 Å². The summed E-state index contributed by atoms with van der Waals surface area (Å²) in [7, 11) is 3.16. The van der Waals surface area contributed by atoms with E-state index in [-0.39, 0.29) is 12.1 Å². The summed E-state index contributed by atoms with van der Waals surface area (Å²) in [5.74, 6) is -1.42. The number of amides is 3. The fourth-order valence-corrected chi connectivity index (χ4v) is 5.54. The van der Waals surface area contributed by atoms with Crippen molar-refractivity contribution in [3.63, 3.8) is 0 Å². The number of halogens is 3. The minimum Gasteiger partial charge on any atom is -0.408 e. The molecule has 1 aromatic heterocycles. The lowest BCUT2D eigenvalue weighted by Gasteiger charge is -2.38. The Bertz CT molecular complexity index is 1030. The van der Waals surface area contributed by atoms with Gasteiger partial charge in [-0.2, -0.15) is 3.22 Å². The van der Waals surface area contributed by atoms with Crippen LogP contribution < -0.4 is 10.5 Å². The Labute approximate surface area is 195 Å². The Kier molecular flexibility index (Phi) is 7.72. The van der Waals surface area contributed by atoms with Crippen LogP contribution in [-0.2, 0) is 0 Å². The fourth-order valence-electron chi connectivity index (χ4n) is 3.26. The first kappa shape index (κ1) is 24.0. The smallest absolute Gasteiger partial charge is 0.408 e. The third-order valence-electron chi connectivity index (χ3n) is 4.93. The molecular formula is C21H24F2IN5O3. The number of hydrogen-bond donors (Lipinski definition) is 1. The van der Waals surface area contributed by atoms with Crippen molar-refractivity contribution in [3.8, 4) is 5.75 Å². The highest BCUT2D eigenvalue weighted by Gasteiger charge is 2.32. The minimum absolute atomic E-state index is 0.0289. The third kappa shape index (κ3) is 5.38. The molecule has 1 atom stereocenters. The van der Waals surface area contributed by atoms with Gasteiger partial charge >= 0.3 is 12.1 Å². The summed E-state index contributed by atoms with van der Waals surface area (Å²) in [6, 6.07) is 4.76. The van der Waals surface area contributed by atoms with Gasteiger partial charge in [0.1, 0.15) is 17.3 Å². The first-order chi connectivity index (χ1) is 15.2. The Morgan fingerprint density at radius 3 is 2.59 bits per heavy atom. The summed E-state index contributed by atoms with van der Waals surface area (Å²) in [4.78, 5) is 29.7. The van der Waals surface area contributed by atoms with Crippen LogP contribution >= 0.6 is 21.0 Å². The second-order valence-corrected chi connectivity index (χ2v) is 9.71. The highest BCUT2D eigenvalue weighted by Crippen LogP contribution is 2.33. The summed E-state index contributed by atoms with van der Waals surface area (Å²) in [6.45, 7) is 2.27. The van der Waals surface area contributed by atoms with Crippen LogP contribution in [0.4, 0.5) is 18.4 Å².